The number of rotatable bonds is 1. The topological polar surface area (TPSA) is 43.1 Å². The molecule has 0 radical (unpaired) electrons. The van der Waals surface area contributed by atoms with Gasteiger partial charge >= 0.3 is 6.04 Å². The summed E-state index contributed by atoms with van der Waals surface area (Å²) in [6.07, 6.45) is 0. The number of hydrogen-bond donors (Lipinski definition) is 1. The Bertz CT molecular complexity index is 135. The van der Waals surface area contributed by atoms with E-state index in [0.29, 0.717) is 0 Å². The highest BCUT2D eigenvalue weighted by Gasteiger charge is 2.01. The van der Waals surface area contributed by atoms with E-state index < -0.39 is 6.04 Å². The Morgan fingerprint density at radius 2 is 1.88 bits per heavy atom. The van der Waals surface area contributed by atoms with Crippen molar-refractivity contribution >= 4 is 6.04 Å². The number of allylic oxidation sites excluding steroid dienone is 2. The summed E-state index contributed by atoms with van der Waals surface area (Å²) in [6.45, 7) is 2.82. The third kappa shape index (κ3) is 1.73. The molecule has 8 heavy (non-hydrogen) atoms. The molecule has 0 heterocycles. The molecule has 0 aromatic rings. The van der Waals surface area contributed by atoms with E-state index in [-0.39, 0.29) is 11.3 Å². The zero-order valence-corrected chi connectivity index (χ0v) is 4.86. The number of hydrogen-bond acceptors (Lipinski definition) is 2. The Morgan fingerprint density at radius 3 is 1.88 bits per heavy atom. The van der Waals surface area contributed by atoms with Crippen molar-refractivity contribution in [3.8, 4) is 0 Å². The second kappa shape index (κ2) is 2.45. The van der Waals surface area contributed by atoms with E-state index in [2.05, 4.69) is 0 Å². The van der Waals surface area contributed by atoms with E-state index in [9.17, 15) is 9.18 Å². The van der Waals surface area contributed by atoms with E-state index in [0.717, 1.165) is 0 Å². The van der Waals surface area contributed by atoms with Gasteiger partial charge in [0.15, 0.2) is 0 Å². The molecule has 46 valence electrons. The number of halogens is 1. The molecule has 0 saturated heterocycles. The highest BCUT2D eigenvalue weighted by atomic mass is 19.1. The first-order valence-electron chi connectivity index (χ1n) is 2.18. The first kappa shape index (κ1) is 7.14. The maximum absolute atomic E-state index is 11.6. The van der Waals surface area contributed by atoms with E-state index in [1.807, 2.05) is 0 Å². The standard InChI is InChI=1S/C5H8FNO/c1-3(4(2)7)5(6)8/h7H2,1-2H3. The van der Waals surface area contributed by atoms with Crippen LogP contribution in [0.3, 0.4) is 0 Å². The SMILES string of the molecule is CC(N)=C(C)C(=O)F. The van der Waals surface area contributed by atoms with Crippen molar-refractivity contribution in [1.29, 1.82) is 0 Å². The van der Waals surface area contributed by atoms with Gasteiger partial charge in [-0.05, 0) is 13.8 Å². The minimum absolute atomic E-state index is 0.00926. The Kier molecular flexibility index (Phi) is 2.19. The largest absolute Gasteiger partial charge is 0.402 e. The molecular weight excluding hydrogens is 109 g/mol. The quantitative estimate of drug-likeness (QED) is 0.406. The Morgan fingerprint density at radius 1 is 1.50 bits per heavy atom. The second-order valence-corrected chi connectivity index (χ2v) is 1.58. The lowest BCUT2D eigenvalue weighted by atomic mass is 10.3. The molecule has 0 aromatic heterocycles. The predicted octanol–water partition coefficient (Wildman–Crippen LogP) is 0.735. The van der Waals surface area contributed by atoms with Crippen molar-refractivity contribution in [2.45, 2.75) is 13.8 Å². The van der Waals surface area contributed by atoms with Gasteiger partial charge in [-0.25, -0.2) is 0 Å². The number of carbonyl (C=O) groups excluding carboxylic acids is 1. The Labute approximate surface area is 47.2 Å². The molecule has 0 atom stereocenters. The third-order valence-electron chi connectivity index (χ3n) is 0.886. The molecule has 0 aromatic carbocycles. The lowest BCUT2D eigenvalue weighted by Gasteiger charge is -1.91. The zero-order chi connectivity index (χ0) is 6.73. The van der Waals surface area contributed by atoms with Crippen molar-refractivity contribution in [2.24, 2.45) is 5.73 Å². The maximum Gasteiger partial charge on any atom is 0.329 e. The van der Waals surface area contributed by atoms with Crippen molar-refractivity contribution in [2.75, 3.05) is 0 Å². The van der Waals surface area contributed by atoms with Gasteiger partial charge in [0.05, 0.1) is 0 Å². The highest BCUT2D eigenvalue weighted by molar-refractivity contribution is 5.87. The van der Waals surface area contributed by atoms with E-state index in [1.54, 1.807) is 0 Å². The fourth-order valence-electron chi connectivity index (χ4n) is 0.155. The first-order valence-corrected chi connectivity index (χ1v) is 2.18. The minimum atomic E-state index is -1.45. The van der Waals surface area contributed by atoms with Gasteiger partial charge in [-0.2, -0.15) is 4.39 Å². The van der Waals surface area contributed by atoms with Crippen LogP contribution in [0.4, 0.5) is 4.39 Å². The Balaban J connectivity index is 4.23. The summed E-state index contributed by atoms with van der Waals surface area (Å²) in [5.74, 6) is 0. The molecule has 0 fully saturated rings. The van der Waals surface area contributed by atoms with Gasteiger partial charge in [-0.1, -0.05) is 0 Å². The van der Waals surface area contributed by atoms with Crippen molar-refractivity contribution in [1.82, 2.24) is 0 Å². The summed E-state index contributed by atoms with van der Waals surface area (Å²) in [6, 6.07) is -1.45. The molecule has 0 spiro atoms. The van der Waals surface area contributed by atoms with Gasteiger partial charge in [0.2, 0.25) is 0 Å². The van der Waals surface area contributed by atoms with Crippen LogP contribution < -0.4 is 5.73 Å². The molecule has 0 amide bonds. The number of carbonyl (C=O) groups is 1. The van der Waals surface area contributed by atoms with E-state index >= 15 is 0 Å². The monoisotopic (exact) mass is 117 g/mol. The summed E-state index contributed by atoms with van der Waals surface area (Å²) < 4.78 is 11.6. The first-order chi connectivity index (χ1) is 3.55. The molecule has 0 saturated carbocycles. The van der Waals surface area contributed by atoms with Gasteiger partial charge < -0.3 is 5.73 Å². The maximum atomic E-state index is 11.6. The van der Waals surface area contributed by atoms with Crippen LogP contribution in [-0.4, -0.2) is 6.04 Å². The normalized spacial score (nSPS) is 12.9. The van der Waals surface area contributed by atoms with Gasteiger partial charge in [-0.15, -0.1) is 0 Å². The fourth-order valence-corrected chi connectivity index (χ4v) is 0.155. The van der Waals surface area contributed by atoms with Crippen molar-refractivity contribution in [3.63, 3.8) is 0 Å². The van der Waals surface area contributed by atoms with Crippen LogP contribution in [0.15, 0.2) is 11.3 Å². The third-order valence-corrected chi connectivity index (χ3v) is 0.886. The molecule has 0 bridgehead atoms. The molecule has 0 aliphatic carbocycles. The molecule has 0 unspecified atom stereocenters. The Hall–Kier alpha value is -0.860. The molecule has 0 aliphatic rings. The minimum Gasteiger partial charge on any atom is -0.402 e. The molecular formula is C5H8FNO. The van der Waals surface area contributed by atoms with Gasteiger partial charge in [0.1, 0.15) is 0 Å². The van der Waals surface area contributed by atoms with Crippen molar-refractivity contribution in [3.05, 3.63) is 11.3 Å². The van der Waals surface area contributed by atoms with Gasteiger partial charge in [0.25, 0.3) is 0 Å². The summed E-state index contributed by atoms with van der Waals surface area (Å²) in [5, 5.41) is 0. The summed E-state index contributed by atoms with van der Waals surface area (Å²) >= 11 is 0. The summed E-state index contributed by atoms with van der Waals surface area (Å²) in [7, 11) is 0. The van der Waals surface area contributed by atoms with Crippen molar-refractivity contribution < 1.29 is 9.18 Å². The van der Waals surface area contributed by atoms with Gasteiger partial charge in [-0.3, -0.25) is 4.79 Å². The summed E-state index contributed by atoms with van der Waals surface area (Å²) in [5.41, 5.74) is 5.28. The smallest absolute Gasteiger partial charge is 0.329 e. The molecule has 3 heteroatoms. The average Bonchev–Trinajstić information content (AvgIpc) is 1.64. The highest BCUT2D eigenvalue weighted by Crippen LogP contribution is 1.97. The van der Waals surface area contributed by atoms with Crippen LogP contribution in [0.5, 0.6) is 0 Å². The molecule has 0 rings (SSSR count). The van der Waals surface area contributed by atoms with E-state index in [4.69, 9.17) is 5.73 Å². The van der Waals surface area contributed by atoms with Crippen LogP contribution in [0.1, 0.15) is 13.8 Å². The zero-order valence-electron chi connectivity index (χ0n) is 4.86. The lowest BCUT2D eigenvalue weighted by molar-refractivity contribution is -0.125. The summed E-state index contributed by atoms with van der Waals surface area (Å²) in [4.78, 5) is 9.78. The van der Waals surface area contributed by atoms with Gasteiger partial charge in [0, 0.05) is 11.3 Å². The second-order valence-electron chi connectivity index (χ2n) is 1.58. The molecule has 2 N–H and O–H groups in total. The molecule has 2 nitrogen and oxygen atoms in total. The van der Waals surface area contributed by atoms with Crippen LogP contribution in [0.25, 0.3) is 0 Å². The molecule has 0 aliphatic heterocycles. The number of nitrogens with two attached hydrogens (primary N) is 1. The predicted molar refractivity (Wildman–Crippen MR) is 28.7 cm³/mol. The average molecular weight is 117 g/mol. The van der Waals surface area contributed by atoms with Crippen LogP contribution >= 0.6 is 0 Å². The van der Waals surface area contributed by atoms with Crippen LogP contribution in [-0.2, 0) is 4.79 Å². The van der Waals surface area contributed by atoms with E-state index in [1.165, 1.54) is 13.8 Å². The van der Waals surface area contributed by atoms with Crippen LogP contribution in [0, 0.1) is 0 Å². The fraction of sp³-hybridized carbons (Fsp3) is 0.400. The lowest BCUT2D eigenvalue weighted by Crippen LogP contribution is -2.00. The van der Waals surface area contributed by atoms with Crippen LogP contribution in [0.2, 0.25) is 0 Å².